The monoisotopic (exact) mass is 92.1 g/mol. The van der Waals surface area contributed by atoms with E-state index in [1.165, 1.54) is 19.3 Å². The average Bonchev–Trinajstić information content (AvgIpc) is 1.61. The van der Waals surface area contributed by atoms with Crippen LogP contribution < -0.4 is 18.9 Å². The Bertz CT molecular complexity index is 37.5. The molecule has 0 atom stereocenters. The van der Waals surface area contributed by atoms with Gasteiger partial charge in [-0.05, 0) is 6.42 Å². The third-order valence-corrected chi connectivity index (χ3v) is 0.762. The maximum absolute atomic E-state index is 3.60. The molecule has 0 nitrogen and oxygen atoms in total. The maximum atomic E-state index is 3.60. The minimum atomic E-state index is 0. The SMILES string of the molecule is C=CCCCC.[H-].[Li+]. The fourth-order valence-electron chi connectivity index (χ4n) is 0.348. The van der Waals surface area contributed by atoms with Gasteiger partial charge in [-0.15, -0.1) is 6.58 Å². The van der Waals surface area contributed by atoms with E-state index in [1.807, 2.05) is 6.08 Å². The van der Waals surface area contributed by atoms with Crippen molar-refractivity contribution in [2.75, 3.05) is 0 Å². The Morgan fingerprint density at radius 2 is 2.29 bits per heavy atom. The molecule has 0 aromatic rings. The number of allylic oxidation sites excluding steroid dienone is 1. The summed E-state index contributed by atoms with van der Waals surface area (Å²) in [5.41, 5.74) is 0. The second kappa shape index (κ2) is 9.60. The molecule has 0 saturated carbocycles. The van der Waals surface area contributed by atoms with Crippen molar-refractivity contribution >= 4 is 0 Å². The van der Waals surface area contributed by atoms with E-state index in [0.29, 0.717) is 0 Å². The minimum absolute atomic E-state index is 0. The molecule has 0 unspecified atom stereocenters. The van der Waals surface area contributed by atoms with E-state index < -0.39 is 0 Å². The van der Waals surface area contributed by atoms with Gasteiger partial charge in [0.1, 0.15) is 0 Å². The number of hydrogen-bond acceptors (Lipinski definition) is 0. The molecule has 7 heavy (non-hydrogen) atoms. The van der Waals surface area contributed by atoms with Gasteiger partial charge in [0.25, 0.3) is 0 Å². The van der Waals surface area contributed by atoms with Crippen LogP contribution in [0.5, 0.6) is 0 Å². The van der Waals surface area contributed by atoms with Crippen LogP contribution in [0, 0.1) is 0 Å². The Kier molecular flexibility index (Phi) is 14.2. The summed E-state index contributed by atoms with van der Waals surface area (Å²) in [4.78, 5) is 0. The molecule has 0 rings (SSSR count). The first kappa shape index (κ1) is 10.3. The molecule has 0 bridgehead atoms. The summed E-state index contributed by atoms with van der Waals surface area (Å²) in [5.74, 6) is 0. The van der Waals surface area contributed by atoms with Crippen molar-refractivity contribution in [3.63, 3.8) is 0 Å². The molecule has 0 aliphatic carbocycles. The zero-order valence-corrected chi connectivity index (χ0v) is 5.41. The van der Waals surface area contributed by atoms with Crippen molar-refractivity contribution in [3.05, 3.63) is 12.7 Å². The van der Waals surface area contributed by atoms with Gasteiger partial charge in [0.15, 0.2) is 0 Å². The predicted octanol–water partition coefficient (Wildman–Crippen LogP) is -0.521. The summed E-state index contributed by atoms with van der Waals surface area (Å²) in [7, 11) is 0. The molecule has 1 heteroatoms. The normalized spacial score (nSPS) is 7.00. The molecular formula is C6H13Li. The zero-order valence-electron chi connectivity index (χ0n) is 6.41. The van der Waals surface area contributed by atoms with E-state index >= 15 is 0 Å². The van der Waals surface area contributed by atoms with Crippen molar-refractivity contribution in [1.82, 2.24) is 0 Å². The van der Waals surface area contributed by atoms with Gasteiger partial charge in [0, 0.05) is 0 Å². The van der Waals surface area contributed by atoms with Crippen molar-refractivity contribution < 1.29 is 20.3 Å². The second-order valence-electron chi connectivity index (χ2n) is 1.43. The first-order valence-corrected chi connectivity index (χ1v) is 2.52. The van der Waals surface area contributed by atoms with Gasteiger partial charge in [-0.3, -0.25) is 0 Å². The molecule has 0 amide bonds. The van der Waals surface area contributed by atoms with Crippen molar-refractivity contribution in [2.45, 2.75) is 26.2 Å². The third kappa shape index (κ3) is 10.7. The summed E-state index contributed by atoms with van der Waals surface area (Å²) < 4.78 is 0. The van der Waals surface area contributed by atoms with E-state index in [1.54, 1.807) is 0 Å². The van der Waals surface area contributed by atoms with Gasteiger partial charge in [-0.25, -0.2) is 0 Å². The van der Waals surface area contributed by atoms with Gasteiger partial charge in [0.2, 0.25) is 0 Å². The number of unbranched alkanes of at least 4 members (excludes halogenated alkanes) is 2. The Morgan fingerprint density at radius 3 is 2.43 bits per heavy atom. The van der Waals surface area contributed by atoms with E-state index in [-0.39, 0.29) is 20.3 Å². The summed E-state index contributed by atoms with van der Waals surface area (Å²) in [6.07, 6.45) is 5.72. The molecule has 0 aliphatic rings. The van der Waals surface area contributed by atoms with E-state index in [4.69, 9.17) is 0 Å². The Morgan fingerprint density at radius 1 is 1.71 bits per heavy atom. The van der Waals surface area contributed by atoms with Gasteiger partial charge >= 0.3 is 18.9 Å². The third-order valence-electron chi connectivity index (χ3n) is 0.762. The molecule has 0 heterocycles. The predicted molar refractivity (Wildman–Crippen MR) is 30.8 cm³/mol. The van der Waals surface area contributed by atoms with Crippen LogP contribution in [0.4, 0.5) is 0 Å². The summed E-state index contributed by atoms with van der Waals surface area (Å²) >= 11 is 0. The van der Waals surface area contributed by atoms with Gasteiger partial charge in [0.05, 0.1) is 0 Å². The molecule has 0 fully saturated rings. The Hall–Kier alpha value is 0.337. The van der Waals surface area contributed by atoms with Crippen molar-refractivity contribution in [2.24, 2.45) is 0 Å². The van der Waals surface area contributed by atoms with E-state index in [2.05, 4.69) is 13.5 Å². The fourth-order valence-corrected chi connectivity index (χ4v) is 0.348. The van der Waals surface area contributed by atoms with E-state index in [9.17, 15) is 0 Å². The first-order chi connectivity index (χ1) is 2.91. The van der Waals surface area contributed by atoms with Crippen LogP contribution >= 0.6 is 0 Å². The smallest absolute Gasteiger partial charge is 1.00 e. The zero-order chi connectivity index (χ0) is 4.83. The van der Waals surface area contributed by atoms with Crippen LogP contribution in [-0.2, 0) is 0 Å². The molecular weight excluding hydrogens is 79.0 g/mol. The van der Waals surface area contributed by atoms with Crippen LogP contribution in [0.25, 0.3) is 0 Å². The fraction of sp³-hybridized carbons (Fsp3) is 0.667. The quantitative estimate of drug-likeness (QED) is 0.249. The molecule has 0 aliphatic heterocycles. The van der Waals surface area contributed by atoms with Crippen LogP contribution in [0.2, 0.25) is 0 Å². The summed E-state index contributed by atoms with van der Waals surface area (Å²) in [5, 5.41) is 0. The van der Waals surface area contributed by atoms with Crippen LogP contribution in [-0.4, -0.2) is 0 Å². The molecule has 0 N–H and O–H groups in total. The Balaban J connectivity index is -0.000000125. The van der Waals surface area contributed by atoms with Crippen molar-refractivity contribution in [3.8, 4) is 0 Å². The molecule has 0 saturated heterocycles. The summed E-state index contributed by atoms with van der Waals surface area (Å²) in [6, 6.07) is 0. The molecule has 0 spiro atoms. The number of hydrogen-bond donors (Lipinski definition) is 0. The Labute approximate surface area is 59.7 Å². The summed E-state index contributed by atoms with van der Waals surface area (Å²) in [6.45, 7) is 5.78. The molecule has 0 radical (unpaired) electrons. The number of rotatable bonds is 3. The largest absolute Gasteiger partial charge is 1.00 e. The molecule has 0 aromatic heterocycles. The maximum Gasteiger partial charge on any atom is 1.00 e. The van der Waals surface area contributed by atoms with Gasteiger partial charge in [-0.2, -0.15) is 0 Å². The van der Waals surface area contributed by atoms with Crippen molar-refractivity contribution in [1.29, 1.82) is 0 Å². The van der Waals surface area contributed by atoms with Gasteiger partial charge in [-0.1, -0.05) is 25.8 Å². The topological polar surface area (TPSA) is 0 Å². The van der Waals surface area contributed by atoms with Crippen LogP contribution in [0.15, 0.2) is 12.7 Å². The average molecular weight is 92.1 g/mol. The molecule has 0 aromatic carbocycles. The molecule has 38 valence electrons. The minimum Gasteiger partial charge on any atom is -1.00 e. The second-order valence-corrected chi connectivity index (χ2v) is 1.43. The first-order valence-electron chi connectivity index (χ1n) is 2.52. The standard InChI is InChI=1S/C6H12.Li.H/c1-3-5-6-4-2;;/h3H,1,4-6H2,2H3;;/q;+1;-1. The van der Waals surface area contributed by atoms with Crippen LogP contribution in [0.3, 0.4) is 0 Å². The van der Waals surface area contributed by atoms with E-state index in [0.717, 1.165) is 0 Å². The van der Waals surface area contributed by atoms with Gasteiger partial charge < -0.3 is 1.43 Å². The van der Waals surface area contributed by atoms with Crippen LogP contribution in [0.1, 0.15) is 27.6 Å².